The summed E-state index contributed by atoms with van der Waals surface area (Å²) in [5, 5.41) is 3.20. The van der Waals surface area contributed by atoms with Gasteiger partial charge in [0.2, 0.25) is 5.91 Å². The van der Waals surface area contributed by atoms with E-state index >= 15 is 0 Å². The first-order valence-corrected chi connectivity index (χ1v) is 7.90. The second-order valence-corrected chi connectivity index (χ2v) is 6.28. The number of hydrogen-bond acceptors (Lipinski definition) is 3. The number of amides is 1. The molecule has 1 saturated heterocycles. The van der Waals surface area contributed by atoms with Gasteiger partial charge in [-0.15, -0.1) is 0 Å². The first-order valence-electron chi connectivity index (χ1n) is 7.90. The molecule has 134 valence electrons. The summed E-state index contributed by atoms with van der Waals surface area (Å²) in [6.45, 7) is 1.59. The fourth-order valence-electron chi connectivity index (χ4n) is 3.27. The number of rotatable bonds is 5. The Kier molecular flexibility index (Phi) is 5.87. The second kappa shape index (κ2) is 7.53. The summed E-state index contributed by atoms with van der Waals surface area (Å²) in [6.07, 6.45) is -3.20. The molecule has 2 rings (SSSR count). The Bertz CT molecular complexity index is 564. The van der Waals surface area contributed by atoms with Crippen LogP contribution >= 0.6 is 0 Å². The van der Waals surface area contributed by atoms with Crippen molar-refractivity contribution < 1.29 is 22.7 Å². The number of carbonyl (C=O) groups is 1. The highest BCUT2D eigenvalue weighted by Gasteiger charge is 2.42. The van der Waals surface area contributed by atoms with E-state index in [9.17, 15) is 18.0 Å². The largest absolute Gasteiger partial charge is 0.416 e. The van der Waals surface area contributed by atoms with Gasteiger partial charge in [0.05, 0.1) is 17.6 Å². The van der Waals surface area contributed by atoms with Crippen LogP contribution in [-0.2, 0) is 22.3 Å². The van der Waals surface area contributed by atoms with Gasteiger partial charge in [-0.05, 0) is 37.6 Å². The molecule has 1 aromatic carbocycles. The summed E-state index contributed by atoms with van der Waals surface area (Å²) in [4.78, 5) is 14.3. The molecule has 0 spiro atoms. The van der Waals surface area contributed by atoms with Crippen LogP contribution in [0, 0.1) is 5.41 Å². The minimum atomic E-state index is -4.43. The third-order valence-corrected chi connectivity index (χ3v) is 4.51. The molecular weight excluding hydrogens is 321 g/mol. The SMILES string of the molecule is COCC1(C(=O)N(C)Cc2ccccc2C(F)(F)F)CCNCC1. The molecule has 1 aromatic rings. The highest BCUT2D eigenvalue weighted by molar-refractivity contribution is 5.83. The van der Waals surface area contributed by atoms with Crippen molar-refractivity contribution in [3.05, 3.63) is 35.4 Å². The number of piperidine rings is 1. The third kappa shape index (κ3) is 4.08. The molecule has 7 heteroatoms. The van der Waals surface area contributed by atoms with E-state index in [0.717, 1.165) is 6.07 Å². The molecule has 0 aromatic heterocycles. The van der Waals surface area contributed by atoms with Crippen LogP contribution in [0.4, 0.5) is 13.2 Å². The average Bonchev–Trinajstić information content (AvgIpc) is 2.54. The third-order valence-electron chi connectivity index (χ3n) is 4.51. The number of nitrogens with zero attached hydrogens (tertiary/aromatic N) is 1. The minimum Gasteiger partial charge on any atom is -0.384 e. The molecule has 1 fully saturated rings. The second-order valence-electron chi connectivity index (χ2n) is 6.28. The van der Waals surface area contributed by atoms with Gasteiger partial charge in [-0.1, -0.05) is 18.2 Å². The van der Waals surface area contributed by atoms with E-state index in [0.29, 0.717) is 25.9 Å². The maximum Gasteiger partial charge on any atom is 0.416 e. The smallest absolute Gasteiger partial charge is 0.384 e. The van der Waals surface area contributed by atoms with Crippen LogP contribution in [0.1, 0.15) is 24.0 Å². The average molecular weight is 344 g/mol. The van der Waals surface area contributed by atoms with Crippen molar-refractivity contribution in [2.75, 3.05) is 33.9 Å². The van der Waals surface area contributed by atoms with Gasteiger partial charge in [0.1, 0.15) is 0 Å². The summed E-state index contributed by atoms with van der Waals surface area (Å²) < 4.78 is 44.6. The lowest BCUT2D eigenvalue weighted by atomic mass is 9.78. The van der Waals surface area contributed by atoms with Gasteiger partial charge in [0.25, 0.3) is 0 Å². The van der Waals surface area contributed by atoms with Gasteiger partial charge in [0.15, 0.2) is 0 Å². The molecule has 1 heterocycles. The van der Waals surface area contributed by atoms with Crippen LogP contribution in [-0.4, -0.2) is 44.7 Å². The van der Waals surface area contributed by atoms with Crippen molar-refractivity contribution in [3.8, 4) is 0 Å². The minimum absolute atomic E-state index is 0.0760. The predicted octanol–water partition coefficient (Wildman–Crippen LogP) is 2.68. The van der Waals surface area contributed by atoms with Crippen molar-refractivity contribution >= 4 is 5.91 Å². The Hall–Kier alpha value is -1.60. The number of benzene rings is 1. The highest BCUT2D eigenvalue weighted by Crippen LogP contribution is 2.34. The number of ether oxygens (including phenoxy) is 1. The van der Waals surface area contributed by atoms with E-state index in [1.54, 1.807) is 13.1 Å². The lowest BCUT2D eigenvalue weighted by Gasteiger charge is -2.38. The monoisotopic (exact) mass is 344 g/mol. The molecule has 4 nitrogen and oxygen atoms in total. The number of carbonyl (C=O) groups excluding carboxylic acids is 1. The van der Waals surface area contributed by atoms with Crippen LogP contribution in [0.25, 0.3) is 0 Å². The zero-order valence-electron chi connectivity index (χ0n) is 13.9. The summed E-state index contributed by atoms with van der Waals surface area (Å²) in [6, 6.07) is 5.37. The maximum absolute atomic E-state index is 13.1. The molecule has 1 N–H and O–H groups in total. The molecule has 1 amide bonds. The van der Waals surface area contributed by atoms with E-state index in [1.165, 1.54) is 24.1 Å². The Labute approximate surface area is 140 Å². The molecule has 0 bridgehead atoms. The molecule has 1 aliphatic heterocycles. The first kappa shape index (κ1) is 18.7. The molecule has 0 aliphatic carbocycles. The van der Waals surface area contributed by atoms with Gasteiger partial charge in [-0.3, -0.25) is 4.79 Å². The molecule has 0 radical (unpaired) electrons. The number of methoxy groups -OCH3 is 1. The van der Waals surface area contributed by atoms with Crippen LogP contribution in [0.15, 0.2) is 24.3 Å². The standard InChI is InChI=1S/C17H23F3N2O2/c1-22(11-13-5-3-4-6-14(13)17(18,19)20)15(23)16(12-24-2)7-9-21-10-8-16/h3-6,21H,7-12H2,1-2H3. The van der Waals surface area contributed by atoms with E-state index in [4.69, 9.17) is 4.74 Å². The van der Waals surface area contributed by atoms with Gasteiger partial charge in [-0.25, -0.2) is 0 Å². The van der Waals surface area contributed by atoms with Crippen LogP contribution in [0.5, 0.6) is 0 Å². The normalized spacial score (nSPS) is 17.5. The summed E-state index contributed by atoms with van der Waals surface area (Å²) in [7, 11) is 3.09. The molecule has 0 unspecified atom stereocenters. The summed E-state index contributed by atoms with van der Waals surface area (Å²) in [5.74, 6) is -0.164. The van der Waals surface area contributed by atoms with Crippen molar-refractivity contribution in [1.29, 1.82) is 0 Å². The Morgan fingerprint density at radius 1 is 1.29 bits per heavy atom. The van der Waals surface area contributed by atoms with Crippen molar-refractivity contribution in [2.45, 2.75) is 25.6 Å². The maximum atomic E-state index is 13.1. The Balaban J connectivity index is 2.20. The molecule has 24 heavy (non-hydrogen) atoms. The van der Waals surface area contributed by atoms with Crippen molar-refractivity contribution in [3.63, 3.8) is 0 Å². The molecular formula is C17H23F3N2O2. The summed E-state index contributed by atoms with van der Waals surface area (Å²) >= 11 is 0. The zero-order chi connectivity index (χ0) is 17.8. The van der Waals surface area contributed by atoms with E-state index in [2.05, 4.69) is 5.32 Å². The summed E-state index contributed by atoms with van der Waals surface area (Å²) in [5.41, 5.74) is -1.26. The number of halogens is 3. The van der Waals surface area contributed by atoms with Crippen LogP contribution < -0.4 is 5.32 Å². The van der Waals surface area contributed by atoms with Gasteiger partial charge < -0.3 is 15.0 Å². The quantitative estimate of drug-likeness (QED) is 0.893. The van der Waals surface area contributed by atoms with E-state index in [-0.39, 0.29) is 24.6 Å². The lowest BCUT2D eigenvalue weighted by molar-refractivity contribution is -0.148. The van der Waals surface area contributed by atoms with Crippen LogP contribution in [0.3, 0.4) is 0 Å². The number of hydrogen-bond donors (Lipinski definition) is 1. The van der Waals surface area contributed by atoms with Gasteiger partial charge in [0, 0.05) is 20.7 Å². The first-order chi connectivity index (χ1) is 11.3. The van der Waals surface area contributed by atoms with E-state index in [1.807, 2.05) is 0 Å². The number of nitrogens with one attached hydrogen (secondary N) is 1. The Morgan fingerprint density at radius 2 is 1.92 bits per heavy atom. The van der Waals surface area contributed by atoms with Gasteiger partial charge >= 0.3 is 6.18 Å². The Morgan fingerprint density at radius 3 is 2.50 bits per heavy atom. The fraction of sp³-hybridized carbons (Fsp3) is 0.588. The molecule has 1 aliphatic rings. The van der Waals surface area contributed by atoms with Crippen molar-refractivity contribution in [2.24, 2.45) is 5.41 Å². The van der Waals surface area contributed by atoms with Crippen LogP contribution in [0.2, 0.25) is 0 Å². The zero-order valence-corrected chi connectivity index (χ0v) is 13.9. The van der Waals surface area contributed by atoms with Crippen molar-refractivity contribution in [1.82, 2.24) is 10.2 Å². The highest BCUT2D eigenvalue weighted by atomic mass is 19.4. The lowest BCUT2D eigenvalue weighted by Crippen LogP contribution is -2.50. The van der Waals surface area contributed by atoms with Gasteiger partial charge in [-0.2, -0.15) is 13.2 Å². The molecule has 0 atom stereocenters. The number of alkyl halides is 3. The topological polar surface area (TPSA) is 41.6 Å². The molecule has 0 saturated carbocycles. The predicted molar refractivity (Wildman–Crippen MR) is 84.3 cm³/mol. The van der Waals surface area contributed by atoms with E-state index < -0.39 is 17.2 Å². The fourth-order valence-corrected chi connectivity index (χ4v) is 3.27.